The molecule has 0 heterocycles. The Hall–Kier alpha value is -3.88. The highest BCUT2D eigenvalue weighted by Gasteiger charge is 2.32. The number of nitrogens with one attached hydrogen (secondary N) is 1. The third-order valence-corrected chi connectivity index (χ3v) is 3.80. The zero-order valence-corrected chi connectivity index (χ0v) is 14.4. The van der Waals surface area contributed by atoms with Crippen LogP contribution in [0.4, 0.5) is 23.2 Å². The molecule has 0 atom stereocenters. The highest BCUT2D eigenvalue weighted by molar-refractivity contribution is 6.11. The summed E-state index contributed by atoms with van der Waals surface area (Å²) in [6.45, 7) is 0. The molecule has 0 saturated heterocycles. The molecule has 3 aromatic rings. The minimum absolute atomic E-state index is 0.0521. The second kappa shape index (κ2) is 8.01. The van der Waals surface area contributed by atoms with Crippen LogP contribution in [-0.4, -0.2) is 17.0 Å². The molecule has 0 unspecified atom stereocenters. The van der Waals surface area contributed by atoms with Crippen LogP contribution in [0.25, 0.3) is 0 Å². The number of halogens is 4. The SMILES string of the molecule is O=C(O)c1c(F)c(F)c(F)c(F)c1C(=O)Nc1ccc(Oc2ccccc2)cc1. The number of carboxylic acids is 1. The first-order chi connectivity index (χ1) is 13.8. The summed E-state index contributed by atoms with van der Waals surface area (Å²) >= 11 is 0. The Morgan fingerprint density at radius 3 is 1.79 bits per heavy atom. The van der Waals surface area contributed by atoms with Gasteiger partial charge in [-0.15, -0.1) is 0 Å². The lowest BCUT2D eigenvalue weighted by atomic mass is 10.0. The van der Waals surface area contributed by atoms with E-state index in [0.717, 1.165) is 0 Å². The van der Waals surface area contributed by atoms with E-state index >= 15 is 0 Å². The van der Waals surface area contributed by atoms with Gasteiger partial charge >= 0.3 is 5.97 Å². The van der Waals surface area contributed by atoms with Crippen molar-refractivity contribution < 1.29 is 37.0 Å². The summed E-state index contributed by atoms with van der Waals surface area (Å²) in [7, 11) is 0. The molecule has 29 heavy (non-hydrogen) atoms. The van der Waals surface area contributed by atoms with Crippen molar-refractivity contribution in [3.63, 3.8) is 0 Å². The first-order valence-corrected chi connectivity index (χ1v) is 8.03. The fourth-order valence-corrected chi connectivity index (χ4v) is 2.47. The van der Waals surface area contributed by atoms with E-state index in [9.17, 15) is 27.2 Å². The van der Waals surface area contributed by atoms with Crippen molar-refractivity contribution in [3.05, 3.63) is 89.0 Å². The third-order valence-electron chi connectivity index (χ3n) is 3.80. The molecule has 2 N–H and O–H groups in total. The zero-order chi connectivity index (χ0) is 21.1. The second-order valence-electron chi connectivity index (χ2n) is 5.70. The van der Waals surface area contributed by atoms with Gasteiger partial charge in [0.25, 0.3) is 5.91 Å². The van der Waals surface area contributed by atoms with Crippen molar-refractivity contribution in [1.82, 2.24) is 0 Å². The number of benzene rings is 3. The quantitative estimate of drug-likeness (QED) is 0.356. The third kappa shape index (κ3) is 4.03. The lowest BCUT2D eigenvalue weighted by Crippen LogP contribution is -2.22. The molecule has 5 nitrogen and oxygen atoms in total. The molecule has 0 aromatic heterocycles. The number of carbonyl (C=O) groups is 2. The first kappa shape index (κ1) is 19.9. The summed E-state index contributed by atoms with van der Waals surface area (Å²) in [4.78, 5) is 23.4. The van der Waals surface area contributed by atoms with Crippen molar-refractivity contribution in [2.45, 2.75) is 0 Å². The number of para-hydroxylation sites is 1. The molecule has 1 amide bonds. The van der Waals surface area contributed by atoms with Crippen molar-refractivity contribution in [3.8, 4) is 11.5 Å². The van der Waals surface area contributed by atoms with E-state index < -0.39 is 46.3 Å². The van der Waals surface area contributed by atoms with Crippen LogP contribution in [0.5, 0.6) is 11.5 Å². The largest absolute Gasteiger partial charge is 0.478 e. The van der Waals surface area contributed by atoms with E-state index in [1.165, 1.54) is 24.3 Å². The van der Waals surface area contributed by atoms with E-state index in [0.29, 0.717) is 11.5 Å². The van der Waals surface area contributed by atoms with E-state index in [4.69, 9.17) is 9.84 Å². The Kier molecular flexibility index (Phi) is 5.49. The Labute approximate surface area is 161 Å². The summed E-state index contributed by atoms with van der Waals surface area (Å²) in [6, 6.07) is 14.3. The summed E-state index contributed by atoms with van der Waals surface area (Å²) in [5, 5.41) is 11.1. The van der Waals surface area contributed by atoms with E-state index in [1.807, 2.05) is 0 Å². The maximum Gasteiger partial charge on any atom is 0.339 e. The van der Waals surface area contributed by atoms with Crippen molar-refractivity contribution in [1.29, 1.82) is 0 Å². The van der Waals surface area contributed by atoms with Crippen molar-refractivity contribution in [2.24, 2.45) is 0 Å². The minimum atomic E-state index is -2.32. The van der Waals surface area contributed by atoms with Gasteiger partial charge in [0.05, 0.1) is 5.56 Å². The van der Waals surface area contributed by atoms with E-state index in [-0.39, 0.29) is 5.69 Å². The molecule has 3 rings (SSSR count). The fraction of sp³-hybridized carbons (Fsp3) is 0. The summed E-state index contributed by atoms with van der Waals surface area (Å²) < 4.78 is 60.1. The number of aromatic carboxylic acids is 1. The molecule has 0 aliphatic carbocycles. The van der Waals surface area contributed by atoms with Crippen LogP contribution in [0.1, 0.15) is 20.7 Å². The predicted molar refractivity (Wildman–Crippen MR) is 94.1 cm³/mol. The Morgan fingerprint density at radius 1 is 0.724 bits per heavy atom. The highest BCUT2D eigenvalue weighted by atomic mass is 19.2. The van der Waals surface area contributed by atoms with Gasteiger partial charge in [0.1, 0.15) is 17.1 Å². The molecule has 3 aromatic carbocycles. The molecule has 0 bridgehead atoms. The standard InChI is InChI=1S/C20H11F4NO4/c21-15-13(14(20(27)28)16(22)18(24)17(15)23)19(26)25-10-6-8-12(9-7-10)29-11-4-2-1-3-5-11/h1-9H,(H,25,26)(H,27,28). The average Bonchev–Trinajstić information content (AvgIpc) is 2.70. The monoisotopic (exact) mass is 405 g/mol. The van der Waals surface area contributed by atoms with Crippen molar-refractivity contribution >= 4 is 17.6 Å². The molecule has 0 saturated carbocycles. The van der Waals surface area contributed by atoms with Crippen LogP contribution >= 0.6 is 0 Å². The van der Waals surface area contributed by atoms with Gasteiger partial charge in [0, 0.05) is 5.69 Å². The molecule has 0 radical (unpaired) electrons. The topological polar surface area (TPSA) is 75.6 Å². The number of hydrogen-bond donors (Lipinski definition) is 2. The van der Waals surface area contributed by atoms with Gasteiger partial charge in [-0.1, -0.05) is 18.2 Å². The van der Waals surface area contributed by atoms with Gasteiger partial charge in [-0.2, -0.15) is 0 Å². The first-order valence-electron chi connectivity index (χ1n) is 8.03. The zero-order valence-electron chi connectivity index (χ0n) is 14.4. The van der Waals surface area contributed by atoms with Gasteiger partial charge in [-0.05, 0) is 36.4 Å². The summed E-state index contributed by atoms with van der Waals surface area (Å²) in [5.41, 5.74) is -3.02. The highest BCUT2D eigenvalue weighted by Crippen LogP contribution is 2.26. The van der Waals surface area contributed by atoms with Crippen LogP contribution < -0.4 is 10.1 Å². The van der Waals surface area contributed by atoms with Gasteiger partial charge in [-0.25, -0.2) is 22.4 Å². The number of carboxylic acid groups (broad SMARTS) is 1. The van der Waals surface area contributed by atoms with Crippen LogP contribution in [0, 0.1) is 23.3 Å². The number of amides is 1. The smallest absolute Gasteiger partial charge is 0.339 e. The van der Waals surface area contributed by atoms with E-state index in [1.54, 1.807) is 30.3 Å². The lowest BCUT2D eigenvalue weighted by molar-refractivity contribution is 0.0684. The number of rotatable bonds is 5. The van der Waals surface area contributed by atoms with Gasteiger partial charge in [0.2, 0.25) is 0 Å². The Bertz CT molecular complexity index is 1090. The number of anilines is 1. The Morgan fingerprint density at radius 2 is 1.24 bits per heavy atom. The van der Waals surface area contributed by atoms with Crippen molar-refractivity contribution in [2.75, 3.05) is 5.32 Å². The van der Waals surface area contributed by atoms with Gasteiger partial charge < -0.3 is 15.2 Å². The predicted octanol–water partition coefficient (Wildman–Crippen LogP) is 4.99. The number of hydrogen-bond acceptors (Lipinski definition) is 3. The minimum Gasteiger partial charge on any atom is -0.478 e. The van der Waals surface area contributed by atoms with Gasteiger partial charge in [0.15, 0.2) is 23.3 Å². The van der Waals surface area contributed by atoms with Crippen LogP contribution in [-0.2, 0) is 0 Å². The number of ether oxygens (including phenoxy) is 1. The summed E-state index contributed by atoms with van der Waals surface area (Å²) in [5.74, 6) is -11.5. The molecule has 0 fully saturated rings. The lowest BCUT2D eigenvalue weighted by Gasteiger charge is -2.12. The molecular formula is C20H11F4NO4. The van der Waals surface area contributed by atoms with Crippen LogP contribution in [0.15, 0.2) is 54.6 Å². The Balaban J connectivity index is 1.86. The molecule has 0 aliphatic heterocycles. The average molecular weight is 405 g/mol. The van der Waals surface area contributed by atoms with E-state index in [2.05, 4.69) is 5.32 Å². The van der Waals surface area contributed by atoms with Gasteiger partial charge in [-0.3, -0.25) is 4.79 Å². The fourth-order valence-electron chi connectivity index (χ4n) is 2.47. The maximum atomic E-state index is 14.0. The van der Waals surface area contributed by atoms with Crippen LogP contribution in [0.3, 0.4) is 0 Å². The normalized spacial score (nSPS) is 10.5. The summed E-state index contributed by atoms with van der Waals surface area (Å²) in [6.07, 6.45) is 0. The molecule has 0 spiro atoms. The second-order valence-corrected chi connectivity index (χ2v) is 5.70. The number of carbonyl (C=O) groups excluding carboxylic acids is 1. The molecule has 9 heteroatoms. The molecule has 148 valence electrons. The molecule has 0 aliphatic rings. The van der Waals surface area contributed by atoms with Crippen LogP contribution in [0.2, 0.25) is 0 Å². The maximum absolute atomic E-state index is 14.0. The molecular weight excluding hydrogens is 394 g/mol.